The first-order valence-electron chi connectivity index (χ1n) is 9.98. The van der Waals surface area contributed by atoms with Gasteiger partial charge in [0.25, 0.3) is 0 Å². The SMILES string of the molecule is CCNC(=NCc1cnn(C)c1)N1CCC(OCC2CCCCO2)CC1. The number of rotatable bonds is 6. The molecule has 2 aliphatic rings. The zero-order valence-electron chi connectivity index (χ0n) is 16.2. The maximum atomic E-state index is 6.12. The number of aliphatic imine (C=N–C) groups is 1. The third kappa shape index (κ3) is 5.71. The first kappa shape index (κ1) is 19.2. The highest BCUT2D eigenvalue weighted by molar-refractivity contribution is 5.80. The number of aryl methyl sites for hydroxylation is 1. The van der Waals surface area contributed by atoms with E-state index in [0.29, 0.717) is 18.8 Å². The quantitative estimate of drug-likeness (QED) is 0.618. The predicted octanol–water partition coefficient (Wildman–Crippen LogP) is 1.94. The van der Waals surface area contributed by atoms with Crippen LogP contribution in [0.3, 0.4) is 0 Å². The van der Waals surface area contributed by atoms with Crippen molar-refractivity contribution in [3.8, 4) is 0 Å². The number of piperidine rings is 1. The van der Waals surface area contributed by atoms with Crippen LogP contribution < -0.4 is 5.32 Å². The van der Waals surface area contributed by atoms with Gasteiger partial charge in [0.2, 0.25) is 0 Å². The molecule has 2 aliphatic heterocycles. The van der Waals surface area contributed by atoms with Gasteiger partial charge in [0, 0.05) is 45.0 Å². The lowest BCUT2D eigenvalue weighted by molar-refractivity contribution is -0.0721. The second-order valence-electron chi connectivity index (χ2n) is 7.20. The van der Waals surface area contributed by atoms with E-state index in [9.17, 15) is 0 Å². The highest BCUT2D eigenvalue weighted by atomic mass is 16.5. The average Bonchev–Trinajstić information content (AvgIpc) is 3.10. The maximum Gasteiger partial charge on any atom is 0.194 e. The van der Waals surface area contributed by atoms with Gasteiger partial charge in [-0.25, -0.2) is 4.99 Å². The third-order valence-corrected chi connectivity index (χ3v) is 5.04. The third-order valence-electron chi connectivity index (χ3n) is 5.04. The van der Waals surface area contributed by atoms with Crippen LogP contribution in [-0.2, 0) is 23.1 Å². The zero-order chi connectivity index (χ0) is 18.2. The number of aromatic nitrogens is 2. The zero-order valence-corrected chi connectivity index (χ0v) is 16.2. The predicted molar refractivity (Wildman–Crippen MR) is 102 cm³/mol. The molecule has 1 unspecified atom stereocenters. The van der Waals surface area contributed by atoms with Crippen LogP contribution in [0.1, 0.15) is 44.6 Å². The summed E-state index contributed by atoms with van der Waals surface area (Å²) in [5.74, 6) is 0.991. The Balaban J connectivity index is 1.44. The minimum atomic E-state index is 0.306. The van der Waals surface area contributed by atoms with Crippen LogP contribution in [0.5, 0.6) is 0 Å². The summed E-state index contributed by atoms with van der Waals surface area (Å²) < 4.78 is 13.7. The Morgan fingerprint density at radius 3 is 2.85 bits per heavy atom. The van der Waals surface area contributed by atoms with Gasteiger partial charge in [-0.2, -0.15) is 5.10 Å². The molecule has 1 aromatic heterocycles. The Morgan fingerprint density at radius 2 is 2.19 bits per heavy atom. The smallest absolute Gasteiger partial charge is 0.194 e. The van der Waals surface area contributed by atoms with Gasteiger partial charge in [-0.1, -0.05) is 0 Å². The summed E-state index contributed by atoms with van der Waals surface area (Å²) in [6.45, 7) is 7.25. The number of hydrogen-bond donors (Lipinski definition) is 1. The first-order valence-corrected chi connectivity index (χ1v) is 9.98. The molecule has 26 heavy (non-hydrogen) atoms. The standard InChI is InChI=1S/C19H33N5O2/c1-3-20-19(21-12-16-13-22-23(2)14-16)24-9-7-17(8-10-24)26-15-18-6-4-5-11-25-18/h13-14,17-18H,3-12,15H2,1-2H3,(H,20,21). The molecule has 1 N–H and O–H groups in total. The van der Waals surface area contributed by atoms with E-state index in [-0.39, 0.29) is 0 Å². The van der Waals surface area contributed by atoms with E-state index in [1.54, 1.807) is 0 Å². The van der Waals surface area contributed by atoms with Gasteiger partial charge < -0.3 is 19.7 Å². The topological polar surface area (TPSA) is 63.9 Å². The summed E-state index contributed by atoms with van der Waals surface area (Å²) >= 11 is 0. The Labute approximate surface area is 156 Å². The highest BCUT2D eigenvalue weighted by Crippen LogP contribution is 2.18. The fourth-order valence-electron chi connectivity index (χ4n) is 3.56. The van der Waals surface area contributed by atoms with E-state index in [4.69, 9.17) is 14.5 Å². The van der Waals surface area contributed by atoms with Crippen molar-refractivity contribution in [2.45, 2.75) is 57.8 Å². The van der Waals surface area contributed by atoms with E-state index >= 15 is 0 Å². The van der Waals surface area contributed by atoms with Gasteiger partial charge in [0.1, 0.15) is 0 Å². The number of likely N-dealkylation sites (tertiary alicyclic amines) is 1. The van der Waals surface area contributed by atoms with Gasteiger partial charge in [0.05, 0.1) is 31.6 Å². The number of ether oxygens (including phenoxy) is 2. The van der Waals surface area contributed by atoms with Gasteiger partial charge in [-0.15, -0.1) is 0 Å². The van der Waals surface area contributed by atoms with E-state index in [1.165, 1.54) is 12.8 Å². The molecule has 7 nitrogen and oxygen atoms in total. The van der Waals surface area contributed by atoms with Crippen LogP contribution in [0.25, 0.3) is 0 Å². The van der Waals surface area contributed by atoms with Gasteiger partial charge >= 0.3 is 0 Å². The molecule has 3 rings (SSSR count). The molecule has 0 spiro atoms. The van der Waals surface area contributed by atoms with Crippen LogP contribution >= 0.6 is 0 Å². The molecule has 0 amide bonds. The average molecular weight is 364 g/mol. The van der Waals surface area contributed by atoms with E-state index < -0.39 is 0 Å². The molecule has 2 fully saturated rings. The van der Waals surface area contributed by atoms with Crippen molar-refractivity contribution in [2.75, 3.05) is 32.8 Å². The lowest BCUT2D eigenvalue weighted by Gasteiger charge is -2.35. The normalized spacial score (nSPS) is 22.6. The van der Waals surface area contributed by atoms with Crippen molar-refractivity contribution >= 4 is 5.96 Å². The summed E-state index contributed by atoms with van der Waals surface area (Å²) in [5.41, 5.74) is 1.13. The van der Waals surface area contributed by atoms with Crippen LogP contribution in [0, 0.1) is 0 Å². The Kier molecular flexibility index (Phi) is 7.32. The molecule has 0 bridgehead atoms. The molecule has 146 valence electrons. The van der Waals surface area contributed by atoms with Crippen molar-refractivity contribution in [1.82, 2.24) is 20.0 Å². The monoisotopic (exact) mass is 363 g/mol. The van der Waals surface area contributed by atoms with E-state index in [1.807, 2.05) is 24.1 Å². The minimum absolute atomic E-state index is 0.306. The van der Waals surface area contributed by atoms with Crippen LogP contribution in [0.15, 0.2) is 17.4 Å². The first-order chi connectivity index (χ1) is 12.7. The van der Waals surface area contributed by atoms with Gasteiger partial charge in [0.15, 0.2) is 5.96 Å². The Hall–Kier alpha value is -1.60. The molecule has 0 saturated carbocycles. The number of nitrogens with zero attached hydrogens (tertiary/aromatic N) is 4. The summed E-state index contributed by atoms with van der Waals surface area (Å²) in [4.78, 5) is 7.13. The number of nitrogens with one attached hydrogen (secondary N) is 1. The lowest BCUT2D eigenvalue weighted by Crippen LogP contribution is -2.47. The summed E-state index contributed by atoms with van der Waals surface area (Å²) in [5, 5.41) is 7.62. The fraction of sp³-hybridized carbons (Fsp3) is 0.789. The van der Waals surface area contributed by atoms with E-state index in [0.717, 1.165) is 63.6 Å². The van der Waals surface area contributed by atoms with Gasteiger partial charge in [-0.05, 0) is 39.0 Å². The summed E-state index contributed by atoms with van der Waals surface area (Å²) in [6, 6.07) is 0. The van der Waals surface area contributed by atoms with Crippen molar-refractivity contribution < 1.29 is 9.47 Å². The fourth-order valence-corrected chi connectivity index (χ4v) is 3.56. The minimum Gasteiger partial charge on any atom is -0.376 e. The molecular formula is C19H33N5O2. The van der Waals surface area contributed by atoms with Crippen molar-refractivity contribution in [3.05, 3.63) is 18.0 Å². The molecule has 7 heteroatoms. The molecular weight excluding hydrogens is 330 g/mol. The molecule has 0 aliphatic carbocycles. The summed E-state index contributed by atoms with van der Waals surface area (Å²) in [6.07, 6.45) is 10.2. The van der Waals surface area contributed by atoms with Crippen molar-refractivity contribution in [3.63, 3.8) is 0 Å². The lowest BCUT2D eigenvalue weighted by atomic mass is 10.1. The molecule has 0 radical (unpaired) electrons. The van der Waals surface area contributed by atoms with Crippen molar-refractivity contribution in [2.24, 2.45) is 12.0 Å². The number of guanidine groups is 1. The largest absolute Gasteiger partial charge is 0.376 e. The molecule has 0 aromatic carbocycles. The molecule has 3 heterocycles. The highest BCUT2D eigenvalue weighted by Gasteiger charge is 2.23. The van der Waals surface area contributed by atoms with E-state index in [2.05, 4.69) is 22.2 Å². The van der Waals surface area contributed by atoms with Gasteiger partial charge in [-0.3, -0.25) is 4.68 Å². The maximum absolute atomic E-state index is 6.12. The van der Waals surface area contributed by atoms with Crippen molar-refractivity contribution in [1.29, 1.82) is 0 Å². The number of hydrogen-bond acceptors (Lipinski definition) is 4. The Morgan fingerprint density at radius 1 is 1.35 bits per heavy atom. The van der Waals surface area contributed by atoms with Crippen LogP contribution in [0.4, 0.5) is 0 Å². The molecule has 1 atom stereocenters. The Bertz CT molecular complexity index is 560. The summed E-state index contributed by atoms with van der Waals surface area (Å²) in [7, 11) is 1.93. The second-order valence-corrected chi connectivity index (χ2v) is 7.20. The molecule has 2 saturated heterocycles. The van der Waals surface area contributed by atoms with Crippen LogP contribution in [-0.4, -0.2) is 65.7 Å². The molecule has 1 aromatic rings. The van der Waals surface area contributed by atoms with Crippen LogP contribution in [0.2, 0.25) is 0 Å². The second kappa shape index (κ2) is 9.92.